The van der Waals surface area contributed by atoms with Crippen LogP contribution in [0.25, 0.3) is 0 Å². The highest BCUT2D eigenvalue weighted by atomic mass is 31.2. The van der Waals surface area contributed by atoms with E-state index in [1.165, 1.54) is 38.5 Å². The van der Waals surface area contributed by atoms with Crippen LogP contribution < -0.4 is 0 Å². The van der Waals surface area contributed by atoms with E-state index in [1.54, 1.807) is 12.2 Å². The number of hydrogen-bond donors (Lipinski definition) is 4. The molecule has 1 aliphatic rings. The van der Waals surface area contributed by atoms with Gasteiger partial charge in [0.25, 0.3) is 0 Å². The summed E-state index contributed by atoms with van der Waals surface area (Å²) in [5, 5.41) is 20.6. The summed E-state index contributed by atoms with van der Waals surface area (Å²) in [5.41, 5.74) is 0. The van der Waals surface area contributed by atoms with Crippen molar-refractivity contribution in [1.29, 1.82) is 0 Å². The van der Waals surface area contributed by atoms with Gasteiger partial charge in [-0.3, -0.25) is 18.9 Å². The number of esters is 2. The van der Waals surface area contributed by atoms with Crippen LogP contribution in [0.4, 0.5) is 0 Å². The Morgan fingerprint density at radius 3 is 2.18 bits per heavy atom. The molecule has 12 heteroatoms. The van der Waals surface area contributed by atoms with Crippen molar-refractivity contribution in [3.05, 3.63) is 24.3 Å². The highest BCUT2D eigenvalue weighted by Crippen LogP contribution is 2.36. The zero-order chi connectivity index (χ0) is 37.2. The molecule has 1 unspecified atom stereocenters. The number of carbonyl (C=O) groups excluding carboxylic acids is 3. The quantitative estimate of drug-likeness (QED) is 0.0247. The lowest BCUT2D eigenvalue weighted by molar-refractivity contribution is -0.161. The molecular formula is C38H67O11P. The molecule has 0 amide bonds. The summed E-state index contributed by atoms with van der Waals surface area (Å²) >= 11 is 0. The first-order valence-electron chi connectivity index (χ1n) is 19.1. The number of carbonyl (C=O) groups is 3. The van der Waals surface area contributed by atoms with Gasteiger partial charge < -0.3 is 29.5 Å². The van der Waals surface area contributed by atoms with E-state index in [9.17, 15) is 29.2 Å². The Labute approximate surface area is 300 Å². The smallest absolute Gasteiger partial charge is 0.462 e. The van der Waals surface area contributed by atoms with Crippen LogP contribution in [0.5, 0.6) is 0 Å². The number of allylic oxidation sites excluding steroid dienone is 2. The van der Waals surface area contributed by atoms with Gasteiger partial charge in [-0.25, -0.2) is 4.57 Å². The molecule has 0 spiro atoms. The molecule has 1 aliphatic carbocycles. The van der Waals surface area contributed by atoms with Crippen LogP contribution in [0.15, 0.2) is 24.3 Å². The van der Waals surface area contributed by atoms with Crippen molar-refractivity contribution in [1.82, 2.24) is 0 Å². The summed E-state index contributed by atoms with van der Waals surface area (Å²) in [6, 6.07) is 0. The van der Waals surface area contributed by atoms with Crippen molar-refractivity contribution < 1.29 is 52.9 Å². The maximum atomic E-state index is 12.5. The second kappa shape index (κ2) is 27.7. The molecule has 0 aromatic carbocycles. The summed E-state index contributed by atoms with van der Waals surface area (Å²) in [7, 11) is -4.81. The van der Waals surface area contributed by atoms with E-state index in [-0.39, 0.29) is 43.5 Å². The van der Waals surface area contributed by atoms with Crippen molar-refractivity contribution >= 4 is 25.5 Å². The molecule has 0 heterocycles. The first-order valence-corrected chi connectivity index (χ1v) is 20.7. The third kappa shape index (κ3) is 23.6. The topological polar surface area (TPSA) is 177 Å². The van der Waals surface area contributed by atoms with Crippen LogP contribution in [0, 0.1) is 17.8 Å². The normalized spacial score (nSPS) is 20.1. The molecule has 6 atom stereocenters. The highest BCUT2D eigenvalue weighted by molar-refractivity contribution is 7.46. The number of ketones is 1. The van der Waals surface area contributed by atoms with E-state index in [0.29, 0.717) is 32.1 Å². The number of rotatable bonds is 30. The molecule has 1 rings (SSSR count). The number of aliphatic hydroxyl groups is 2. The van der Waals surface area contributed by atoms with E-state index >= 15 is 0 Å². The Kier molecular flexibility index (Phi) is 25.6. The number of Topliss-reactive ketones (excluding diaryl/α,β-unsaturated/α-hetero) is 1. The molecule has 1 saturated carbocycles. The predicted molar refractivity (Wildman–Crippen MR) is 194 cm³/mol. The summed E-state index contributed by atoms with van der Waals surface area (Å²) in [5.74, 6) is -1.00. The monoisotopic (exact) mass is 730 g/mol. The molecule has 0 bridgehead atoms. The molecule has 1 fully saturated rings. The maximum absolute atomic E-state index is 12.5. The molecule has 0 aromatic rings. The third-order valence-corrected chi connectivity index (χ3v) is 9.87. The van der Waals surface area contributed by atoms with Crippen LogP contribution in [-0.2, 0) is 32.9 Å². The SMILES string of the molecule is CCCCC[C@H](O)/C=C/[C@H]1[C@H](O)CC(=O)[C@@H]1C/C=C\CCCC(=O)OC[C@H](COP(=O)(O)O)OC(=O)CCCCCCCCCCC(C)CC. The zero-order valence-electron chi connectivity index (χ0n) is 30.9. The summed E-state index contributed by atoms with van der Waals surface area (Å²) in [6.07, 6.45) is 21.3. The van der Waals surface area contributed by atoms with Crippen molar-refractivity contribution in [2.75, 3.05) is 13.2 Å². The molecule has 0 saturated heterocycles. The van der Waals surface area contributed by atoms with Crippen molar-refractivity contribution in [3.63, 3.8) is 0 Å². The lowest BCUT2D eigenvalue weighted by Gasteiger charge is -2.18. The van der Waals surface area contributed by atoms with E-state index in [1.807, 2.05) is 12.2 Å². The molecule has 50 heavy (non-hydrogen) atoms. The van der Waals surface area contributed by atoms with E-state index in [0.717, 1.165) is 44.4 Å². The molecule has 11 nitrogen and oxygen atoms in total. The minimum Gasteiger partial charge on any atom is -0.462 e. The lowest BCUT2D eigenvalue weighted by Crippen LogP contribution is -2.29. The van der Waals surface area contributed by atoms with E-state index in [2.05, 4.69) is 25.3 Å². The maximum Gasteiger partial charge on any atom is 0.469 e. The van der Waals surface area contributed by atoms with Gasteiger partial charge in [-0.15, -0.1) is 0 Å². The largest absolute Gasteiger partial charge is 0.469 e. The number of hydrogen-bond acceptors (Lipinski definition) is 9. The first-order chi connectivity index (χ1) is 23.9. The Morgan fingerprint density at radius 1 is 0.880 bits per heavy atom. The Bertz CT molecular complexity index is 1040. The molecular weight excluding hydrogens is 663 g/mol. The molecule has 0 aromatic heterocycles. The van der Waals surface area contributed by atoms with E-state index in [4.69, 9.17) is 19.3 Å². The van der Waals surface area contributed by atoms with Crippen LogP contribution in [0.3, 0.4) is 0 Å². The van der Waals surface area contributed by atoms with Gasteiger partial charge in [-0.2, -0.15) is 0 Å². The van der Waals surface area contributed by atoms with Gasteiger partial charge in [0.2, 0.25) is 0 Å². The van der Waals surface area contributed by atoms with Crippen molar-refractivity contribution in [3.8, 4) is 0 Å². The molecule has 4 N–H and O–H groups in total. The minimum absolute atomic E-state index is 0.00704. The lowest BCUT2D eigenvalue weighted by atomic mass is 9.90. The molecule has 0 aliphatic heterocycles. The van der Waals surface area contributed by atoms with Gasteiger partial charge in [0, 0.05) is 31.1 Å². The Hall–Kier alpha value is -1.88. The summed E-state index contributed by atoms with van der Waals surface area (Å²) < 4.78 is 26.2. The number of phosphoric ester groups is 1. The van der Waals surface area contributed by atoms with Crippen LogP contribution in [-0.4, -0.2) is 69.2 Å². The minimum atomic E-state index is -4.81. The predicted octanol–water partition coefficient (Wildman–Crippen LogP) is 7.68. The third-order valence-electron chi connectivity index (χ3n) is 9.38. The van der Waals surface area contributed by atoms with Gasteiger partial charge in [-0.1, -0.05) is 122 Å². The van der Waals surface area contributed by atoms with Crippen LogP contribution in [0.1, 0.15) is 149 Å². The van der Waals surface area contributed by atoms with Gasteiger partial charge in [0.05, 0.1) is 18.8 Å². The summed E-state index contributed by atoms with van der Waals surface area (Å²) in [6.45, 7) is 5.63. The number of phosphoric acid groups is 1. The average Bonchev–Trinajstić information content (AvgIpc) is 3.34. The van der Waals surface area contributed by atoms with Gasteiger partial charge in [-0.05, 0) is 38.0 Å². The Balaban J connectivity index is 2.36. The van der Waals surface area contributed by atoms with Gasteiger partial charge >= 0.3 is 19.8 Å². The Morgan fingerprint density at radius 2 is 1.52 bits per heavy atom. The first kappa shape index (κ1) is 46.1. The fourth-order valence-corrected chi connectivity index (χ4v) is 6.40. The van der Waals surface area contributed by atoms with E-state index < -0.39 is 44.7 Å². The standard InChI is InChI=1S/C38H67O11P/c1-4-6-15-21-31(39)25-26-34-33(35(40)27-36(34)41)22-17-13-14-18-23-37(42)47-28-32(29-48-50(44,45)46)49-38(43)24-19-12-10-8-7-9-11-16-20-30(3)5-2/h13,17,25-26,30-34,36,39,41H,4-12,14-16,18-24,27-29H2,1-3H3,(H2,44,45,46)/b17-13-,26-25+/t30?,31-,32+,33+,34+,36+/m0/s1. The highest BCUT2D eigenvalue weighted by Gasteiger charge is 2.39. The second-order valence-corrected chi connectivity index (χ2v) is 15.2. The van der Waals surface area contributed by atoms with Crippen molar-refractivity contribution in [2.24, 2.45) is 17.8 Å². The summed E-state index contributed by atoms with van der Waals surface area (Å²) in [4.78, 5) is 55.3. The average molecular weight is 731 g/mol. The van der Waals surface area contributed by atoms with Crippen LogP contribution >= 0.6 is 7.82 Å². The molecule has 0 radical (unpaired) electrons. The van der Waals surface area contributed by atoms with Gasteiger partial charge in [0.1, 0.15) is 12.4 Å². The van der Waals surface area contributed by atoms with Crippen molar-refractivity contribution in [2.45, 2.75) is 167 Å². The van der Waals surface area contributed by atoms with Gasteiger partial charge in [0.15, 0.2) is 6.10 Å². The number of aliphatic hydroxyl groups excluding tert-OH is 2. The number of ether oxygens (including phenoxy) is 2. The fraction of sp³-hybridized carbons (Fsp3) is 0.816. The fourth-order valence-electron chi connectivity index (χ4n) is 6.03. The molecule has 290 valence electrons. The van der Waals surface area contributed by atoms with Crippen LogP contribution in [0.2, 0.25) is 0 Å². The second-order valence-electron chi connectivity index (χ2n) is 13.9. The number of unbranched alkanes of at least 4 members (excludes halogenated alkanes) is 10. The zero-order valence-corrected chi connectivity index (χ0v) is 31.8.